The summed E-state index contributed by atoms with van der Waals surface area (Å²) >= 11 is 0. The van der Waals surface area contributed by atoms with Crippen LogP contribution in [0.15, 0.2) is 86.2 Å². The van der Waals surface area contributed by atoms with Crippen LogP contribution in [0.3, 0.4) is 0 Å². The van der Waals surface area contributed by atoms with Gasteiger partial charge >= 0.3 is 17.9 Å². The molecular weight excluding hydrogens is 448 g/mol. The topological polar surface area (TPSA) is 88.1 Å². The maximum absolute atomic E-state index is 12.6. The van der Waals surface area contributed by atoms with Crippen LogP contribution in [0.25, 0.3) is 11.1 Å². The Labute approximate surface area is 202 Å². The average molecular weight is 470 g/mol. The van der Waals surface area contributed by atoms with E-state index in [1.165, 1.54) is 24.3 Å². The van der Waals surface area contributed by atoms with Crippen LogP contribution in [0.4, 0.5) is 0 Å². The van der Waals surface area contributed by atoms with E-state index in [2.05, 4.69) is 24.8 Å². The van der Waals surface area contributed by atoms with Gasteiger partial charge in [0.2, 0.25) is 0 Å². The average Bonchev–Trinajstić information content (AvgIpc) is 3.14. The highest BCUT2D eigenvalue weighted by molar-refractivity contribution is 5.92. The third-order valence-corrected chi connectivity index (χ3v) is 5.53. The lowest BCUT2D eigenvalue weighted by molar-refractivity contribution is -0.140. The van der Waals surface area contributed by atoms with E-state index < -0.39 is 17.9 Å². The molecule has 4 rings (SSSR count). The number of carbonyl (C=O) groups excluding carboxylic acids is 3. The number of benzene rings is 3. The van der Waals surface area contributed by atoms with Gasteiger partial charge < -0.3 is 18.9 Å². The molecule has 3 aromatic carbocycles. The molecule has 0 heterocycles. The molecule has 0 spiro atoms. The predicted octanol–water partition coefficient (Wildman–Crippen LogP) is 5.19. The zero-order chi connectivity index (χ0) is 24.9. The summed E-state index contributed by atoms with van der Waals surface area (Å²) < 4.78 is 20.8. The van der Waals surface area contributed by atoms with Crippen molar-refractivity contribution in [2.24, 2.45) is 0 Å². The molecule has 1 atom stereocenters. The minimum absolute atomic E-state index is 0.0289. The Kier molecular flexibility index (Phi) is 6.78. The van der Waals surface area contributed by atoms with Crippen molar-refractivity contribution in [3.05, 3.63) is 103 Å². The van der Waals surface area contributed by atoms with Gasteiger partial charge in [0.15, 0.2) is 6.61 Å². The van der Waals surface area contributed by atoms with Crippen molar-refractivity contribution in [2.45, 2.75) is 12.8 Å². The van der Waals surface area contributed by atoms with Gasteiger partial charge in [-0.1, -0.05) is 32.2 Å². The van der Waals surface area contributed by atoms with Crippen molar-refractivity contribution in [1.82, 2.24) is 0 Å². The maximum atomic E-state index is 12.6. The van der Waals surface area contributed by atoms with Crippen molar-refractivity contribution in [3.63, 3.8) is 0 Å². The van der Waals surface area contributed by atoms with Gasteiger partial charge in [-0.05, 0) is 70.8 Å². The van der Waals surface area contributed by atoms with Crippen molar-refractivity contribution in [2.75, 3.05) is 6.61 Å². The van der Waals surface area contributed by atoms with E-state index in [1.807, 2.05) is 24.3 Å². The summed E-state index contributed by atoms with van der Waals surface area (Å²) in [6.45, 7) is 8.52. The molecule has 0 amide bonds. The lowest BCUT2D eigenvalue weighted by atomic mass is 9.99. The molecule has 0 saturated heterocycles. The Morgan fingerprint density at radius 2 is 1.43 bits per heavy atom. The highest BCUT2D eigenvalue weighted by Gasteiger charge is 2.27. The van der Waals surface area contributed by atoms with E-state index in [4.69, 9.17) is 14.2 Å². The van der Waals surface area contributed by atoms with Crippen LogP contribution < -0.4 is 14.2 Å². The van der Waals surface area contributed by atoms with Gasteiger partial charge in [0, 0.05) is 12.0 Å². The van der Waals surface area contributed by atoms with Gasteiger partial charge in [-0.2, -0.15) is 0 Å². The zero-order valence-corrected chi connectivity index (χ0v) is 19.0. The molecule has 0 bridgehead atoms. The van der Waals surface area contributed by atoms with Crippen molar-refractivity contribution >= 4 is 17.9 Å². The molecule has 7 nitrogen and oxygen atoms in total. The number of fused-ring (bicyclic) bond motifs is 3. The Balaban J connectivity index is 1.46. The number of carbonyl (C=O) groups is 3. The molecule has 1 unspecified atom stereocenters. The van der Waals surface area contributed by atoms with Crippen LogP contribution in [0.2, 0.25) is 0 Å². The SMILES string of the molecule is C=COC(=O)COc1ccc2c(c1)C(C)c1cc(OC(=O)c3ccc(OC(=O)C=C)cc3)ccc1-2. The highest BCUT2D eigenvalue weighted by atomic mass is 16.6. The lowest BCUT2D eigenvalue weighted by Gasteiger charge is -2.10. The molecule has 0 radical (unpaired) electrons. The minimum atomic E-state index is -0.581. The standard InChI is InChI=1S/C28H22O7/c1-4-26(29)34-19-8-6-18(7-9-19)28(31)35-21-11-13-23-22-12-10-20(33-16-27(30)32-5-2)14-24(22)17(3)25(23)15-21/h4-15,17H,1-2,16H2,3H3. The van der Waals surface area contributed by atoms with Gasteiger partial charge in [-0.15, -0.1) is 0 Å². The Morgan fingerprint density at radius 1 is 0.829 bits per heavy atom. The normalized spacial score (nSPS) is 13.1. The predicted molar refractivity (Wildman–Crippen MR) is 128 cm³/mol. The van der Waals surface area contributed by atoms with Gasteiger partial charge in [0.05, 0.1) is 11.8 Å². The third-order valence-electron chi connectivity index (χ3n) is 5.53. The molecule has 0 fully saturated rings. The van der Waals surface area contributed by atoms with Gasteiger partial charge in [0.25, 0.3) is 0 Å². The van der Waals surface area contributed by atoms with E-state index in [9.17, 15) is 14.4 Å². The first kappa shape index (κ1) is 23.5. The van der Waals surface area contributed by atoms with E-state index in [0.717, 1.165) is 34.6 Å². The largest absolute Gasteiger partial charge is 0.482 e. The summed E-state index contributed by atoms with van der Waals surface area (Å²) in [5.74, 6) is -0.342. The Morgan fingerprint density at radius 3 is 2.06 bits per heavy atom. The third kappa shape index (κ3) is 5.14. The number of hydrogen-bond acceptors (Lipinski definition) is 7. The molecule has 176 valence electrons. The van der Waals surface area contributed by atoms with E-state index >= 15 is 0 Å². The summed E-state index contributed by atoms with van der Waals surface area (Å²) in [6, 6.07) is 17.2. The first-order valence-electron chi connectivity index (χ1n) is 10.8. The quantitative estimate of drug-likeness (QED) is 0.194. The van der Waals surface area contributed by atoms with Crippen LogP contribution in [0, 0.1) is 0 Å². The first-order valence-corrected chi connectivity index (χ1v) is 10.8. The van der Waals surface area contributed by atoms with Crippen LogP contribution in [0.5, 0.6) is 17.2 Å². The number of hydrogen-bond donors (Lipinski definition) is 0. The minimum Gasteiger partial charge on any atom is -0.482 e. The fourth-order valence-corrected chi connectivity index (χ4v) is 3.86. The van der Waals surface area contributed by atoms with Gasteiger partial charge in [0.1, 0.15) is 17.2 Å². The van der Waals surface area contributed by atoms with Gasteiger partial charge in [-0.3, -0.25) is 0 Å². The summed E-state index contributed by atoms with van der Waals surface area (Å²) in [4.78, 5) is 35.4. The molecule has 0 aliphatic heterocycles. The lowest BCUT2D eigenvalue weighted by Crippen LogP contribution is -2.12. The second kappa shape index (κ2) is 10.1. The molecule has 3 aromatic rings. The van der Waals surface area contributed by atoms with Crippen LogP contribution in [-0.2, 0) is 14.3 Å². The molecule has 0 aromatic heterocycles. The van der Waals surface area contributed by atoms with Crippen LogP contribution in [-0.4, -0.2) is 24.5 Å². The maximum Gasteiger partial charge on any atom is 0.348 e. The van der Waals surface area contributed by atoms with Crippen LogP contribution >= 0.6 is 0 Å². The van der Waals surface area contributed by atoms with Crippen molar-refractivity contribution in [3.8, 4) is 28.4 Å². The fourth-order valence-electron chi connectivity index (χ4n) is 3.86. The number of esters is 3. The second-order valence-corrected chi connectivity index (χ2v) is 7.70. The molecule has 35 heavy (non-hydrogen) atoms. The van der Waals surface area contributed by atoms with E-state index in [-0.39, 0.29) is 12.5 Å². The first-order chi connectivity index (χ1) is 16.9. The molecule has 0 saturated carbocycles. The molecule has 7 heteroatoms. The molecule has 1 aliphatic carbocycles. The second-order valence-electron chi connectivity index (χ2n) is 7.70. The molecule has 1 aliphatic rings. The number of rotatable bonds is 8. The summed E-state index contributed by atoms with van der Waals surface area (Å²) in [6.07, 6.45) is 2.12. The highest BCUT2D eigenvalue weighted by Crippen LogP contribution is 2.47. The van der Waals surface area contributed by atoms with Crippen LogP contribution in [0.1, 0.15) is 34.3 Å². The monoisotopic (exact) mass is 470 g/mol. The van der Waals surface area contributed by atoms with Gasteiger partial charge in [-0.25, -0.2) is 14.4 Å². The Hall–Kier alpha value is -4.65. The van der Waals surface area contributed by atoms with E-state index in [0.29, 0.717) is 22.8 Å². The molecule has 0 N–H and O–H groups in total. The number of ether oxygens (including phenoxy) is 4. The summed E-state index contributed by atoms with van der Waals surface area (Å²) in [5, 5.41) is 0. The smallest absolute Gasteiger partial charge is 0.348 e. The van der Waals surface area contributed by atoms with Crippen molar-refractivity contribution < 1.29 is 33.3 Å². The molecular formula is C28H22O7. The zero-order valence-electron chi connectivity index (χ0n) is 19.0. The van der Waals surface area contributed by atoms with E-state index in [1.54, 1.807) is 12.1 Å². The fraction of sp³-hybridized carbons (Fsp3) is 0.107. The summed E-state index contributed by atoms with van der Waals surface area (Å²) in [7, 11) is 0. The Bertz CT molecular complexity index is 1320. The van der Waals surface area contributed by atoms with Crippen molar-refractivity contribution in [1.29, 1.82) is 0 Å². The summed E-state index contributed by atoms with van der Waals surface area (Å²) in [5.41, 5.74) is 4.47.